The van der Waals surface area contributed by atoms with Crippen LogP contribution >= 0.6 is 0 Å². The first-order valence-corrected chi connectivity index (χ1v) is 11.3. The molecular formula is C27H25N3O5. The Labute approximate surface area is 203 Å². The molecule has 8 heteroatoms. The summed E-state index contributed by atoms with van der Waals surface area (Å²) in [5, 5.41) is 4.14. The molecule has 1 aromatic heterocycles. The summed E-state index contributed by atoms with van der Waals surface area (Å²) >= 11 is 0. The Morgan fingerprint density at radius 2 is 1.66 bits per heavy atom. The molecule has 1 amide bonds. The molecule has 0 aliphatic carbocycles. The topological polar surface area (TPSA) is 86.9 Å². The molecule has 1 aliphatic rings. The maximum absolute atomic E-state index is 12.8. The molecule has 0 bridgehead atoms. The number of aromatic nitrogens is 2. The van der Waals surface area contributed by atoms with Crippen molar-refractivity contribution in [3.05, 3.63) is 84.3 Å². The second kappa shape index (κ2) is 9.89. The summed E-state index contributed by atoms with van der Waals surface area (Å²) in [7, 11) is 3.16. The minimum absolute atomic E-state index is 0.0232. The number of rotatable bonds is 8. The van der Waals surface area contributed by atoms with Gasteiger partial charge in [-0.3, -0.25) is 4.79 Å². The van der Waals surface area contributed by atoms with Gasteiger partial charge in [0.25, 0.3) is 0 Å². The lowest BCUT2D eigenvalue weighted by Crippen LogP contribution is -2.24. The van der Waals surface area contributed by atoms with Gasteiger partial charge in [0.1, 0.15) is 23.9 Å². The monoisotopic (exact) mass is 471 g/mol. The van der Waals surface area contributed by atoms with Crippen molar-refractivity contribution in [2.24, 2.45) is 0 Å². The van der Waals surface area contributed by atoms with Crippen molar-refractivity contribution in [1.29, 1.82) is 0 Å². The van der Waals surface area contributed by atoms with Crippen LogP contribution in [0, 0.1) is 0 Å². The summed E-state index contributed by atoms with van der Waals surface area (Å²) < 4.78 is 22.1. The second-order valence-electron chi connectivity index (χ2n) is 8.23. The molecule has 4 aromatic rings. The second-order valence-corrected chi connectivity index (χ2v) is 8.23. The van der Waals surface area contributed by atoms with Gasteiger partial charge in [0.2, 0.25) is 17.6 Å². The van der Waals surface area contributed by atoms with Crippen LogP contribution in [-0.2, 0) is 11.4 Å². The van der Waals surface area contributed by atoms with Crippen LogP contribution in [0.4, 0.5) is 5.69 Å². The fourth-order valence-electron chi connectivity index (χ4n) is 4.03. The number of carbonyl (C=O) groups is 1. The summed E-state index contributed by atoms with van der Waals surface area (Å²) in [6.45, 7) is 0.932. The molecule has 3 aromatic carbocycles. The Balaban J connectivity index is 1.26. The van der Waals surface area contributed by atoms with E-state index in [4.69, 9.17) is 18.7 Å². The quantitative estimate of drug-likeness (QED) is 0.363. The number of ether oxygens (including phenoxy) is 3. The highest BCUT2D eigenvalue weighted by Crippen LogP contribution is 2.35. The van der Waals surface area contributed by atoms with E-state index in [0.29, 0.717) is 42.1 Å². The molecule has 1 unspecified atom stereocenters. The lowest BCUT2D eigenvalue weighted by molar-refractivity contribution is -0.117. The van der Waals surface area contributed by atoms with E-state index in [-0.39, 0.29) is 18.2 Å². The van der Waals surface area contributed by atoms with E-state index in [1.807, 2.05) is 66.7 Å². The van der Waals surface area contributed by atoms with Gasteiger partial charge >= 0.3 is 0 Å². The van der Waals surface area contributed by atoms with Gasteiger partial charge in [0.05, 0.1) is 25.8 Å². The van der Waals surface area contributed by atoms with Gasteiger partial charge in [-0.1, -0.05) is 35.5 Å². The summed E-state index contributed by atoms with van der Waals surface area (Å²) in [6.07, 6.45) is 0.285. The number of methoxy groups -OCH3 is 2. The Bertz CT molecular complexity index is 1280. The standard InChI is InChI=1S/C27H25N3O5/c1-32-23-13-21(14-24(15-23)33-2)30-16-20(12-25(30)31)27-28-26(29-35-27)19-8-10-22(11-9-19)34-17-18-6-4-3-5-7-18/h3-11,13-15,20H,12,16-17H2,1-2H3. The van der Waals surface area contributed by atoms with Crippen LogP contribution in [0.15, 0.2) is 77.3 Å². The third-order valence-electron chi connectivity index (χ3n) is 5.92. The molecule has 0 radical (unpaired) electrons. The zero-order valence-electron chi connectivity index (χ0n) is 19.5. The molecular weight excluding hydrogens is 446 g/mol. The Kier molecular flexibility index (Phi) is 6.34. The first-order chi connectivity index (χ1) is 17.1. The number of hydrogen-bond donors (Lipinski definition) is 0. The summed E-state index contributed by atoms with van der Waals surface area (Å²) in [4.78, 5) is 19.0. The SMILES string of the molecule is COc1cc(OC)cc(N2CC(c3nc(-c4ccc(OCc5ccccc5)cc4)no3)CC2=O)c1. The molecule has 8 nitrogen and oxygen atoms in total. The Morgan fingerprint density at radius 1 is 0.943 bits per heavy atom. The van der Waals surface area contributed by atoms with Gasteiger partial charge in [-0.15, -0.1) is 0 Å². The number of hydrogen-bond acceptors (Lipinski definition) is 7. The number of nitrogens with zero attached hydrogens (tertiary/aromatic N) is 3. The minimum Gasteiger partial charge on any atom is -0.497 e. The van der Waals surface area contributed by atoms with Crippen LogP contribution in [0.3, 0.4) is 0 Å². The first kappa shape index (κ1) is 22.5. The molecule has 0 saturated carbocycles. The van der Waals surface area contributed by atoms with Crippen LogP contribution in [0.2, 0.25) is 0 Å². The van der Waals surface area contributed by atoms with E-state index < -0.39 is 0 Å². The zero-order valence-corrected chi connectivity index (χ0v) is 19.5. The first-order valence-electron chi connectivity index (χ1n) is 11.3. The van der Waals surface area contributed by atoms with Gasteiger partial charge in [-0.05, 0) is 29.8 Å². The average Bonchev–Trinajstić information content (AvgIpc) is 3.55. The van der Waals surface area contributed by atoms with Crippen molar-refractivity contribution in [3.8, 4) is 28.6 Å². The van der Waals surface area contributed by atoms with Gasteiger partial charge in [0.15, 0.2) is 0 Å². The fraction of sp³-hybridized carbons (Fsp3) is 0.222. The molecule has 0 spiro atoms. The highest BCUT2D eigenvalue weighted by atomic mass is 16.5. The van der Waals surface area contributed by atoms with Crippen molar-refractivity contribution < 1.29 is 23.5 Å². The molecule has 5 rings (SSSR count). The van der Waals surface area contributed by atoms with Gasteiger partial charge in [-0.25, -0.2) is 0 Å². The Morgan fingerprint density at radius 3 is 2.34 bits per heavy atom. The minimum atomic E-state index is -0.200. The predicted octanol–water partition coefficient (Wildman–Crippen LogP) is 4.85. The van der Waals surface area contributed by atoms with E-state index in [1.54, 1.807) is 25.2 Å². The van der Waals surface area contributed by atoms with E-state index in [9.17, 15) is 4.79 Å². The van der Waals surface area contributed by atoms with Crippen LogP contribution in [0.5, 0.6) is 17.2 Å². The van der Waals surface area contributed by atoms with Crippen molar-refractivity contribution in [1.82, 2.24) is 10.1 Å². The molecule has 2 heterocycles. The van der Waals surface area contributed by atoms with Gasteiger partial charge in [0, 0.05) is 36.7 Å². The van der Waals surface area contributed by atoms with E-state index in [0.717, 1.165) is 16.9 Å². The van der Waals surface area contributed by atoms with Crippen LogP contribution < -0.4 is 19.1 Å². The van der Waals surface area contributed by atoms with Crippen molar-refractivity contribution >= 4 is 11.6 Å². The number of benzene rings is 3. The maximum Gasteiger partial charge on any atom is 0.232 e. The Hall–Kier alpha value is -4.33. The van der Waals surface area contributed by atoms with Crippen LogP contribution in [-0.4, -0.2) is 36.8 Å². The molecule has 1 atom stereocenters. The zero-order chi connectivity index (χ0) is 24.2. The van der Waals surface area contributed by atoms with Crippen molar-refractivity contribution in [3.63, 3.8) is 0 Å². The third-order valence-corrected chi connectivity index (χ3v) is 5.92. The summed E-state index contributed by atoms with van der Waals surface area (Å²) in [5.74, 6) is 2.68. The highest BCUT2D eigenvalue weighted by Gasteiger charge is 2.35. The molecule has 1 aliphatic heterocycles. The molecule has 0 N–H and O–H groups in total. The van der Waals surface area contributed by atoms with Crippen LogP contribution in [0.1, 0.15) is 23.8 Å². The van der Waals surface area contributed by atoms with E-state index in [1.165, 1.54) is 0 Å². The van der Waals surface area contributed by atoms with Gasteiger partial charge < -0.3 is 23.6 Å². The van der Waals surface area contributed by atoms with Crippen molar-refractivity contribution in [2.75, 3.05) is 25.7 Å². The highest BCUT2D eigenvalue weighted by molar-refractivity contribution is 5.96. The third kappa shape index (κ3) is 4.96. The van der Waals surface area contributed by atoms with Crippen LogP contribution in [0.25, 0.3) is 11.4 Å². The number of anilines is 1. The average molecular weight is 472 g/mol. The molecule has 178 valence electrons. The van der Waals surface area contributed by atoms with E-state index >= 15 is 0 Å². The number of amides is 1. The van der Waals surface area contributed by atoms with Gasteiger partial charge in [-0.2, -0.15) is 4.98 Å². The normalized spacial score (nSPS) is 15.3. The largest absolute Gasteiger partial charge is 0.497 e. The number of carbonyl (C=O) groups excluding carboxylic acids is 1. The lowest BCUT2D eigenvalue weighted by atomic mass is 10.1. The van der Waals surface area contributed by atoms with Crippen molar-refractivity contribution in [2.45, 2.75) is 18.9 Å². The molecule has 1 fully saturated rings. The summed E-state index contributed by atoms with van der Waals surface area (Å²) in [5.41, 5.74) is 2.62. The smallest absolute Gasteiger partial charge is 0.232 e. The molecule has 1 saturated heterocycles. The molecule has 35 heavy (non-hydrogen) atoms. The lowest BCUT2D eigenvalue weighted by Gasteiger charge is -2.18. The van der Waals surface area contributed by atoms with E-state index in [2.05, 4.69) is 10.1 Å². The fourth-order valence-corrected chi connectivity index (χ4v) is 4.03. The summed E-state index contributed by atoms with van der Waals surface area (Å²) in [6, 6.07) is 22.9. The predicted molar refractivity (Wildman–Crippen MR) is 130 cm³/mol. The maximum atomic E-state index is 12.8.